The number of amides is 2. The molecule has 0 heterocycles. The largest absolute Gasteiger partial charge is 0.325 e. The van der Waals surface area contributed by atoms with Gasteiger partial charge in [-0.2, -0.15) is 0 Å². The average Bonchev–Trinajstić information content (AvgIpc) is 2.52. The van der Waals surface area contributed by atoms with E-state index in [0.29, 0.717) is 5.69 Å². The lowest BCUT2D eigenvalue weighted by molar-refractivity contribution is -0.135. The Labute approximate surface area is 136 Å². The summed E-state index contributed by atoms with van der Waals surface area (Å²) in [6.45, 7) is 7.16. The number of carbonyl (C=O) groups is 2. The van der Waals surface area contributed by atoms with Crippen molar-refractivity contribution in [3.05, 3.63) is 59.7 Å². The van der Waals surface area contributed by atoms with E-state index in [4.69, 9.17) is 0 Å². The normalized spacial score (nSPS) is 11.0. The molecule has 2 aromatic carbocycles. The van der Waals surface area contributed by atoms with E-state index < -0.39 is 5.41 Å². The summed E-state index contributed by atoms with van der Waals surface area (Å²) in [6.07, 6.45) is 0. The van der Waals surface area contributed by atoms with Gasteiger partial charge in [-0.3, -0.25) is 9.59 Å². The zero-order valence-corrected chi connectivity index (χ0v) is 13.9. The Morgan fingerprint density at radius 3 is 2.09 bits per heavy atom. The maximum atomic E-state index is 12.6. The molecular weight excluding hydrogens is 288 g/mol. The minimum Gasteiger partial charge on any atom is -0.325 e. The van der Waals surface area contributed by atoms with Crippen LogP contribution in [0, 0.1) is 19.3 Å². The van der Waals surface area contributed by atoms with Crippen LogP contribution in [0.5, 0.6) is 0 Å². The number of nitrogens with one attached hydrogen (secondary N) is 2. The molecule has 0 unspecified atom stereocenters. The molecule has 0 fully saturated rings. The van der Waals surface area contributed by atoms with E-state index in [1.54, 1.807) is 26.0 Å². The van der Waals surface area contributed by atoms with E-state index in [1.165, 1.54) is 0 Å². The molecule has 0 aliphatic heterocycles. The molecule has 0 aliphatic carbocycles. The maximum absolute atomic E-state index is 12.6. The van der Waals surface area contributed by atoms with Gasteiger partial charge in [-0.25, -0.2) is 0 Å². The van der Waals surface area contributed by atoms with Crippen LogP contribution in [0.2, 0.25) is 0 Å². The van der Waals surface area contributed by atoms with Gasteiger partial charge in [0.1, 0.15) is 5.41 Å². The number of benzene rings is 2. The minimum absolute atomic E-state index is 0.334. The van der Waals surface area contributed by atoms with Crippen molar-refractivity contribution in [1.29, 1.82) is 0 Å². The first kappa shape index (κ1) is 16.7. The van der Waals surface area contributed by atoms with Crippen molar-refractivity contribution >= 4 is 23.2 Å². The zero-order chi connectivity index (χ0) is 17.0. The van der Waals surface area contributed by atoms with Crippen LogP contribution in [0.1, 0.15) is 25.0 Å². The van der Waals surface area contributed by atoms with Crippen LogP contribution >= 0.6 is 0 Å². The lowest BCUT2D eigenvalue weighted by Crippen LogP contribution is -2.41. The third kappa shape index (κ3) is 3.77. The van der Waals surface area contributed by atoms with Crippen molar-refractivity contribution < 1.29 is 9.59 Å². The van der Waals surface area contributed by atoms with Crippen molar-refractivity contribution in [3.8, 4) is 0 Å². The number of anilines is 2. The van der Waals surface area contributed by atoms with Gasteiger partial charge in [0.15, 0.2) is 0 Å². The summed E-state index contributed by atoms with van der Waals surface area (Å²) in [5.41, 5.74) is 2.31. The van der Waals surface area contributed by atoms with Gasteiger partial charge in [-0.15, -0.1) is 0 Å². The Morgan fingerprint density at radius 1 is 0.826 bits per heavy atom. The molecule has 120 valence electrons. The maximum Gasteiger partial charge on any atom is 0.239 e. The molecule has 0 spiro atoms. The predicted octanol–water partition coefficient (Wildman–Crippen LogP) is 3.91. The van der Waals surface area contributed by atoms with Gasteiger partial charge in [0, 0.05) is 11.4 Å². The number of hydrogen-bond donors (Lipinski definition) is 2. The van der Waals surface area contributed by atoms with Gasteiger partial charge < -0.3 is 10.6 Å². The van der Waals surface area contributed by atoms with Gasteiger partial charge in [-0.1, -0.05) is 30.3 Å². The summed E-state index contributed by atoms with van der Waals surface area (Å²) < 4.78 is 0. The molecule has 0 aliphatic rings. The Balaban J connectivity index is 2.13. The third-order valence-electron chi connectivity index (χ3n) is 4.02. The summed E-state index contributed by atoms with van der Waals surface area (Å²) in [5.74, 6) is -0.675. The van der Waals surface area contributed by atoms with Crippen molar-refractivity contribution in [2.45, 2.75) is 27.7 Å². The quantitative estimate of drug-likeness (QED) is 0.841. The van der Waals surface area contributed by atoms with Crippen molar-refractivity contribution in [2.75, 3.05) is 10.6 Å². The first-order valence-corrected chi connectivity index (χ1v) is 7.56. The highest BCUT2D eigenvalue weighted by Crippen LogP contribution is 2.24. The van der Waals surface area contributed by atoms with E-state index in [9.17, 15) is 9.59 Å². The molecule has 0 bridgehead atoms. The molecule has 0 saturated carbocycles. The number of hydrogen-bond acceptors (Lipinski definition) is 2. The Morgan fingerprint density at radius 2 is 1.43 bits per heavy atom. The molecule has 0 radical (unpaired) electrons. The van der Waals surface area contributed by atoms with Crippen LogP contribution in [0.25, 0.3) is 0 Å². The second kappa shape index (κ2) is 6.65. The number of carbonyl (C=O) groups excluding carboxylic acids is 2. The summed E-state index contributed by atoms with van der Waals surface area (Å²) in [7, 11) is 0. The molecule has 2 N–H and O–H groups in total. The Bertz CT molecular complexity index is 721. The van der Waals surface area contributed by atoms with E-state index in [-0.39, 0.29) is 11.8 Å². The fraction of sp³-hybridized carbons (Fsp3) is 0.263. The zero-order valence-electron chi connectivity index (χ0n) is 13.9. The number of rotatable bonds is 4. The Hall–Kier alpha value is -2.62. The average molecular weight is 310 g/mol. The lowest BCUT2D eigenvalue weighted by Gasteiger charge is -2.23. The minimum atomic E-state index is -1.19. The SMILES string of the molecule is Cc1cccc(NC(=O)C(C)(C)C(=O)Nc2ccccc2)c1C. The van der Waals surface area contributed by atoms with Crippen LogP contribution in [0.15, 0.2) is 48.5 Å². The van der Waals surface area contributed by atoms with Crippen molar-refractivity contribution in [2.24, 2.45) is 5.41 Å². The first-order chi connectivity index (χ1) is 10.8. The van der Waals surface area contributed by atoms with Crippen molar-refractivity contribution in [3.63, 3.8) is 0 Å². The standard InChI is InChI=1S/C19H22N2O2/c1-13-9-8-12-16(14(13)2)21-18(23)19(3,4)17(22)20-15-10-6-5-7-11-15/h5-12H,1-4H3,(H,20,22)(H,21,23). The molecule has 2 aromatic rings. The van der Waals surface area contributed by atoms with Gasteiger partial charge in [-0.05, 0) is 57.0 Å². The highest BCUT2D eigenvalue weighted by Gasteiger charge is 2.36. The molecule has 0 saturated heterocycles. The highest BCUT2D eigenvalue weighted by molar-refractivity contribution is 6.14. The van der Waals surface area contributed by atoms with Crippen LogP contribution in [-0.4, -0.2) is 11.8 Å². The van der Waals surface area contributed by atoms with Gasteiger partial charge in [0.2, 0.25) is 11.8 Å². The number of para-hydroxylation sites is 1. The highest BCUT2D eigenvalue weighted by atomic mass is 16.2. The van der Waals surface area contributed by atoms with Gasteiger partial charge >= 0.3 is 0 Å². The topological polar surface area (TPSA) is 58.2 Å². The molecule has 0 aromatic heterocycles. The van der Waals surface area contributed by atoms with E-state index in [2.05, 4.69) is 10.6 Å². The summed E-state index contributed by atoms with van der Waals surface area (Å²) in [6, 6.07) is 14.8. The fourth-order valence-electron chi connectivity index (χ4n) is 2.08. The summed E-state index contributed by atoms with van der Waals surface area (Å²) in [4.78, 5) is 25.0. The molecule has 2 rings (SSSR count). The van der Waals surface area contributed by atoms with E-state index in [1.807, 2.05) is 50.2 Å². The summed E-state index contributed by atoms with van der Waals surface area (Å²) >= 11 is 0. The van der Waals surface area contributed by atoms with E-state index >= 15 is 0 Å². The monoisotopic (exact) mass is 310 g/mol. The lowest BCUT2D eigenvalue weighted by atomic mass is 9.90. The van der Waals surface area contributed by atoms with Crippen LogP contribution in [0.4, 0.5) is 11.4 Å². The van der Waals surface area contributed by atoms with E-state index in [0.717, 1.165) is 16.8 Å². The summed E-state index contributed by atoms with van der Waals surface area (Å²) in [5, 5.41) is 5.63. The molecule has 4 heteroatoms. The van der Waals surface area contributed by atoms with Gasteiger partial charge in [0.25, 0.3) is 0 Å². The van der Waals surface area contributed by atoms with Crippen LogP contribution in [-0.2, 0) is 9.59 Å². The molecular formula is C19H22N2O2. The predicted molar refractivity (Wildman–Crippen MR) is 93.4 cm³/mol. The second-order valence-electron chi connectivity index (χ2n) is 6.15. The molecule has 23 heavy (non-hydrogen) atoms. The molecule has 0 atom stereocenters. The van der Waals surface area contributed by atoms with Crippen molar-refractivity contribution in [1.82, 2.24) is 0 Å². The molecule has 2 amide bonds. The van der Waals surface area contributed by atoms with Crippen LogP contribution < -0.4 is 10.6 Å². The first-order valence-electron chi connectivity index (χ1n) is 7.56. The van der Waals surface area contributed by atoms with Gasteiger partial charge in [0.05, 0.1) is 0 Å². The third-order valence-corrected chi connectivity index (χ3v) is 4.02. The smallest absolute Gasteiger partial charge is 0.239 e. The second-order valence-corrected chi connectivity index (χ2v) is 6.15. The van der Waals surface area contributed by atoms with Crippen LogP contribution in [0.3, 0.4) is 0 Å². The fourth-order valence-corrected chi connectivity index (χ4v) is 2.08. The molecule has 4 nitrogen and oxygen atoms in total. The Kier molecular flexibility index (Phi) is 4.84. The number of aryl methyl sites for hydroxylation is 1.